The molecule has 0 unspecified atom stereocenters. The van der Waals surface area contributed by atoms with Crippen LogP contribution in [0.1, 0.15) is 0 Å². The van der Waals surface area contributed by atoms with Gasteiger partial charge >= 0.3 is 0 Å². The summed E-state index contributed by atoms with van der Waals surface area (Å²) in [4.78, 5) is 1.00. The van der Waals surface area contributed by atoms with E-state index in [0.717, 1.165) is 15.1 Å². The van der Waals surface area contributed by atoms with Crippen LogP contribution >= 0.6 is 50.9 Å². The Bertz CT molecular complexity index is 355. The van der Waals surface area contributed by atoms with Crippen molar-refractivity contribution in [3.63, 3.8) is 0 Å². The summed E-state index contributed by atoms with van der Waals surface area (Å²) in [6, 6.07) is 5.75. The molecule has 0 atom stereocenters. The number of anilines is 1. The van der Waals surface area contributed by atoms with E-state index in [4.69, 9.17) is 28.9 Å². The van der Waals surface area contributed by atoms with Gasteiger partial charge in [-0.15, -0.1) is 11.8 Å². The smallest absolute Gasteiger partial charge is 0.0463 e. The van der Waals surface area contributed by atoms with Gasteiger partial charge in [0.2, 0.25) is 0 Å². The lowest BCUT2D eigenvalue weighted by Crippen LogP contribution is -1.89. The van der Waals surface area contributed by atoms with E-state index in [2.05, 4.69) is 15.9 Å². The Morgan fingerprint density at radius 1 is 1.57 bits per heavy atom. The Morgan fingerprint density at radius 3 is 2.86 bits per heavy atom. The van der Waals surface area contributed by atoms with Gasteiger partial charge in [-0.05, 0) is 18.2 Å². The first-order chi connectivity index (χ1) is 6.63. The number of hydrogen-bond donors (Lipinski definition) is 1. The average Bonchev–Trinajstić information content (AvgIpc) is 2.16. The molecule has 0 bridgehead atoms. The van der Waals surface area contributed by atoms with Crippen LogP contribution in [0.5, 0.6) is 0 Å². The number of nitrogen functional groups attached to an aromatic ring is 1. The minimum absolute atomic E-state index is 0.610. The first-order valence-electron chi connectivity index (χ1n) is 3.76. The van der Waals surface area contributed by atoms with Crippen molar-refractivity contribution in [1.82, 2.24) is 0 Å². The highest BCUT2D eigenvalue weighted by Crippen LogP contribution is 2.29. The van der Waals surface area contributed by atoms with Crippen LogP contribution in [0.2, 0.25) is 0 Å². The zero-order valence-corrected chi connectivity index (χ0v) is 11.1. The third-order valence-electron chi connectivity index (χ3n) is 1.46. The average molecular weight is 313 g/mol. The number of halogens is 3. The maximum atomic E-state index is 5.80. The molecule has 2 N–H and O–H groups in total. The van der Waals surface area contributed by atoms with E-state index in [0.29, 0.717) is 10.8 Å². The van der Waals surface area contributed by atoms with Gasteiger partial charge in [-0.2, -0.15) is 0 Å². The Labute approximate surface area is 106 Å². The first kappa shape index (κ1) is 12.2. The molecule has 76 valence electrons. The SMILES string of the molecule is Nc1cc(Br)ccc1SCC(Cl)=CCl. The lowest BCUT2D eigenvalue weighted by Gasteiger charge is -2.04. The summed E-state index contributed by atoms with van der Waals surface area (Å²) in [7, 11) is 0. The molecule has 5 heteroatoms. The van der Waals surface area contributed by atoms with Crippen LogP contribution in [0, 0.1) is 0 Å². The lowest BCUT2D eigenvalue weighted by atomic mass is 10.3. The van der Waals surface area contributed by atoms with Gasteiger partial charge < -0.3 is 5.73 Å². The molecule has 0 radical (unpaired) electrons. The quantitative estimate of drug-likeness (QED) is 0.659. The van der Waals surface area contributed by atoms with Gasteiger partial charge in [0.1, 0.15) is 0 Å². The molecule has 0 aliphatic rings. The molecule has 0 spiro atoms. The van der Waals surface area contributed by atoms with E-state index in [1.54, 1.807) is 11.8 Å². The van der Waals surface area contributed by atoms with Gasteiger partial charge in [-0.1, -0.05) is 39.1 Å². The molecule has 0 aromatic heterocycles. The van der Waals surface area contributed by atoms with Crippen molar-refractivity contribution in [2.75, 3.05) is 11.5 Å². The van der Waals surface area contributed by atoms with Crippen molar-refractivity contribution in [3.05, 3.63) is 33.2 Å². The monoisotopic (exact) mass is 311 g/mol. The largest absolute Gasteiger partial charge is 0.398 e. The standard InChI is InChI=1S/C9H8BrCl2NS/c10-6-1-2-9(8(13)3-6)14-5-7(12)4-11/h1-4H,5,13H2. The molecule has 14 heavy (non-hydrogen) atoms. The minimum Gasteiger partial charge on any atom is -0.398 e. The molecule has 0 fully saturated rings. The fraction of sp³-hybridized carbons (Fsp3) is 0.111. The molecular weight excluding hydrogens is 305 g/mol. The van der Waals surface area contributed by atoms with Gasteiger partial charge in [-0.3, -0.25) is 0 Å². The van der Waals surface area contributed by atoms with E-state index in [-0.39, 0.29) is 0 Å². The minimum atomic E-state index is 0.610. The fourth-order valence-electron chi connectivity index (χ4n) is 0.829. The second-order valence-electron chi connectivity index (χ2n) is 2.53. The third-order valence-corrected chi connectivity index (χ3v) is 3.86. The second-order valence-corrected chi connectivity index (χ2v) is 5.16. The van der Waals surface area contributed by atoms with Crippen molar-refractivity contribution in [1.29, 1.82) is 0 Å². The molecule has 0 aliphatic heterocycles. The van der Waals surface area contributed by atoms with Gasteiger partial charge in [0.15, 0.2) is 0 Å². The summed E-state index contributed by atoms with van der Waals surface area (Å²) in [5, 5.41) is 0.610. The fourth-order valence-corrected chi connectivity index (χ4v) is 2.31. The maximum absolute atomic E-state index is 5.80. The summed E-state index contributed by atoms with van der Waals surface area (Å²) in [5.41, 5.74) is 7.91. The third kappa shape index (κ3) is 3.73. The van der Waals surface area contributed by atoms with Crippen molar-refractivity contribution >= 4 is 56.6 Å². The van der Waals surface area contributed by atoms with Crippen LogP contribution in [0.15, 0.2) is 38.1 Å². The van der Waals surface area contributed by atoms with Crippen LogP contribution in [0.3, 0.4) is 0 Å². The highest BCUT2D eigenvalue weighted by atomic mass is 79.9. The summed E-state index contributed by atoms with van der Waals surface area (Å²) in [6.07, 6.45) is 0. The highest BCUT2D eigenvalue weighted by Gasteiger charge is 2.01. The van der Waals surface area contributed by atoms with Gasteiger partial charge in [0.05, 0.1) is 0 Å². The summed E-state index contributed by atoms with van der Waals surface area (Å²) in [5.74, 6) is 0.636. The predicted octanol–water partition coefficient (Wildman–Crippen LogP) is 4.44. The second kappa shape index (κ2) is 5.91. The normalized spacial score (nSPS) is 11.8. The van der Waals surface area contributed by atoms with Crippen molar-refractivity contribution in [2.45, 2.75) is 4.90 Å². The lowest BCUT2D eigenvalue weighted by molar-refractivity contribution is 1.44. The van der Waals surface area contributed by atoms with Crippen molar-refractivity contribution in [3.8, 4) is 0 Å². The summed E-state index contributed by atoms with van der Waals surface area (Å²) < 4.78 is 0.971. The van der Waals surface area contributed by atoms with E-state index < -0.39 is 0 Å². The Balaban J connectivity index is 2.68. The molecule has 1 aromatic rings. The summed E-state index contributed by atoms with van der Waals surface area (Å²) >= 11 is 16.1. The zero-order valence-electron chi connectivity index (χ0n) is 7.14. The molecule has 0 amide bonds. The maximum Gasteiger partial charge on any atom is 0.0463 e. The molecule has 1 aromatic carbocycles. The highest BCUT2D eigenvalue weighted by molar-refractivity contribution is 9.10. The topological polar surface area (TPSA) is 26.0 Å². The Kier molecular flexibility index (Phi) is 5.17. The number of thioether (sulfide) groups is 1. The summed E-state index contributed by atoms with van der Waals surface area (Å²) in [6.45, 7) is 0. The van der Waals surface area contributed by atoms with Gasteiger partial charge in [0, 0.05) is 31.4 Å². The molecule has 1 rings (SSSR count). The van der Waals surface area contributed by atoms with Gasteiger partial charge in [-0.25, -0.2) is 0 Å². The predicted molar refractivity (Wildman–Crippen MR) is 69.1 cm³/mol. The Morgan fingerprint density at radius 2 is 2.29 bits per heavy atom. The number of hydrogen-bond acceptors (Lipinski definition) is 2. The first-order valence-corrected chi connectivity index (χ1v) is 6.35. The van der Waals surface area contributed by atoms with E-state index in [9.17, 15) is 0 Å². The van der Waals surface area contributed by atoms with Crippen LogP contribution in [-0.4, -0.2) is 5.75 Å². The Hall–Kier alpha value is 0.170. The molecule has 0 saturated carbocycles. The van der Waals surface area contributed by atoms with Crippen LogP contribution in [-0.2, 0) is 0 Å². The zero-order chi connectivity index (χ0) is 10.6. The number of nitrogens with two attached hydrogens (primary N) is 1. The molecular formula is C9H8BrCl2NS. The number of benzene rings is 1. The van der Waals surface area contributed by atoms with Gasteiger partial charge in [0.25, 0.3) is 0 Å². The van der Waals surface area contributed by atoms with Crippen molar-refractivity contribution < 1.29 is 0 Å². The van der Waals surface area contributed by atoms with E-state index in [1.165, 1.54) is 5.54 Å². The van der Waals surface area contributed by atoms with E-state index >= 15 is 0 Å². The molecule has 0 heterocycles. The van der Waals surface area contributed by atoms with Crippen LogP contribution in [0.4, 0.5) is 5.69 Å². The molecule has 0 saturated heterocycles. The van der Waals surface area contributed by atoms with Crippen LogP contribution < -0.4 is 5.73 Å². The molecule has 0 aliphatic carbocycles. The number of rotatable bonds is 3. The van der Waals surface area contributed by atoms with E-state index in [1.807, 2.05) is 18.2 Å². The van der Waals surface area contributed by atoms with Crippen molar-refractivity contribution in [2.24, 2.45) is 0 Å². The molecule has 1 nitrogen and oxygen atoms in total. The van der Waals surface area contributed by atoms with Crippen LogP contribution in [0.25, 0.3) is 0 Å².